The number of rotatable bonds is 9. The molecule has 1 rings (SSSR count). The van der Waals surface area contributed by atoms with Crippen LogP contribution < -0.4 is 14.8 Å². The normalized spacial score (nSPS) is 10.1. The van der Waals surface area contributed by atoms with Crippen LogP contribution in [0.4, 0.5) is 0 Å². The van der Waals surface area contributed by atoms with Gasteiger partial charge in [0.25, 0.3) is 0 Å². The standard InChI is InChI=1S/C15H23NO2/c1-4-6-13-7-8-14(15(12-13)17-3)18-11-10-16-9-5-2/h5,7-8,12,16H,2,4,6,9-11H2,1,3H3. The molecule has 3 heteroatoms. The summed E-state index contributed by atoms with van der Waals surface area (Å²) >= 11 is 0. The van der Waals surface area contributed by atoms with Crippen molar-refractivity contribution in [1.29, 1.82) is 0 Å². The summed E-state index contributed by atoms with van der Waals surface area (Å²) in [5, 5.41) is 3.19. The van der Waals surface area contributed by atoms with Crippen molar-refractivity contribution < 1.29 is 9.47 Å². The van der Waals surface area contributed by atoms with Crippen LogP contribution in [-0.4, -0.2) is 26.8 Å². The molecule has 3 nitrogen and oxygen atoms in total. The van der Waals surface area contributed by atoms with Crippen LogP contribution in [0.15, 0.2) is 30.9 Å². The Morgan fingerprint density at radius 3 is 2.83 bits per heavy atom. The van der Waals surface area contributed by atoms with E-state index < -0.39 is 0 Å². The average molecular weight is 249 g/mol. The molecule has 0 heterocycles. The first kappa shape index (κ1) is 14.6. The summed E-state index contributed by atoms with van der Waals surface area (Å²) < 4.78 is 11.0. The molecule has 0 unspecified atom stereocenters. The molecule has 0 radical (unpaired) electrons. The van der Waals surface area contributed by atoms with E-state index in [0.717, 1.165) is 37.4 Å². The van der Waals surface area contributed by atoms with Crippen LogP contribution in [0.25, 0.3) is 0 Å². The minimum Gasteiger partial charge on any atom is -0.493 e. The highest BCUT2D eigenvalue weighted by Crippen LogP contribution is 2.28. The zero-order valence-corrected chi connectivity index (χ0v) is 11.4. The maximum Gasteiger partial charge on any atom is 0.161 e. The van der Waals surface area contributed by atoms with E-state index in [4.69, 9.17) is 9.47 Å². The number of nitrogens with one attached hydrogen (secondary N) is 1. The van der Waals surface area contributed by atoms with Gasteiger partial charge in [0, 0.05) is 13.1 Å². The van der Waals surface area contributed by atoms with Crippen LogP contribution in [0.5, 0.6) is 11.5 Å². The van der Waals surface area contributed by atoms with Crippen LogP contribution in [-0.2, 0) is 6.42 Å². The summed E-state index contributed by atoms with van der Waals surface area (Å²) in [6.07, 6.45) is 4.03. The summed E-state index contributed by atoms with van der Waals surface area (Å²) in [5.41, 5.74) is 1.28. The monoisotopic (exact) mass is 249 g/mol. The Balaban J connectivity index is 2.51. The Bertz CT molecular complexity index is 364. The van der Waals surface area contributed by atoms with E-state index in [9.17, 15) is 0 Å². The lowest BCUT2D eigenvalue weighted by atomic mass is 10.1. The lowest BCUT2D eigenvalue weighted by molar-refractivity contribution is 0.294. The molecule has 0 fully saturated rings. The van der Waals surface area contributed by atoms with Crippen LogP contribution >= 0.6 is 0 Å². The van der Waals surface area contributed by atoms with Gasteiger partial charge in [0.1, 0.15) is 6.61 Å². The van der Waals surface area contributed by atoms with Gasteiger partial charge in [-0.25, -0.2) is 0 Å². The zero-order valence-electron chi connectivity index (χ0n) is 11.4. The Hall–Kier alpha value is -1.48. The topological polar surface area (TPSA) is 30.5 Å². The van der Waals surface area contributed by atoms with E-state index in [1.54, 1.807) is 7.11 Å². The largest absolute Gasteiger partial charge is 0.493 e. The number of aryl methyl sites for hydroxylation is 1. The SMILES string of the molecule is C=CCNCCOc1ccc(CCC)cc1OC. The number of hydrogen-bond acceptors (Lipinski definition) is 3. The fourth-order valence-corrected chi connectivity index (χ4v) is 1.71. The molecular weight excluding hydrogens is 226 g/mol. The quantitative estimate of drug-likeness (QED) is 0.539. The minimum absolute atomic E-state index is 0.622. The lowest BCUT2D eigenvalue weighted by Gasteiger charge is -2.12. The van der Waals surface area contributed by atoms with Crippen molar-refractivity contribution in [3.8, 4) is 11.5 Å². The van der Waals surface area contributed by atoms with Gasteiger partial charge < -0.3 is 14.8 Å². The van der Waals surface area contributed by atoms with Gasteiger partial charge in [-0.3, -0.25) is 0 Å². The minimum atomic E-state index is 0.622. The molecule has 0 saturated carbocycles. The Morgan fingerprint density at radius 2 is 2.17 bits per heavy atom. The first-order valence-corrected chi connectivity index (χ1v) is 6.43. The molecule has 0 aliphatic rings. The highest BCUT2D eigenvalue weighted by Gasteiger charge is 2.05. The molecule has 0 aliphatic carbocycles. The lowest BCUT2D eigenvalue weighted by Crippen LogP contribution is -2.20. The maximum atomic E-state index is 5.69. The van der Waals surface area contributed by atoms with E-state index in [1.165, 1.54) is 5.56 Å². The van der Waals surface area contributed by atoms with Gasteiger partial charge in [-0.15, -0.1) is 6.58 Å². The van der Waals surface area contributed by atoms with E-state index >= 15 is 0 Å². The summed E-state index contributed by atoms with van der Waals surface area (Å²) in [5.74, 6) is 1.61. The molecule has 0 aromatic heterocycles. The number of benzene rings is 1. The first-order chi connectivity index (χ1) is 8.81. The van der Waals surface area contributed by atoms with Crippen molar-refractivity contribution >= 4 is 0 Å². The molecule has 0 amide bonds. The van der Waals surface area contributed by atoms with E-state index in [2.05, 4.69) is 31.0 Å². The fourth-order valence-electron chi connectivity index (χ4n) is 1.71. The van der Waals surface area contributed by atoms with E-state index in [0.29, 0.717) is 6.61 Å². The van der Waals surface area contributed by atoms with Gasteiger partial charge in [0.05, 0.1) is 7.11 Å². The van der Waals surface area contributed by atoms with Gasteiger partial charge in [-0.05, 0) is 24.1 Å². The van der Waals surface area contributed by atoms with Gasteiger partial charge in [-0.1, -0.05) is 25.5 Å². The fraction of sp³-hybridized carbons (Fsp3) is 0.467. The third-order valence-corrected chi connectivity index (χ3v) is 2.59. The smallest absolute Gasteiger partial charge is 0.161 e. The Labute approximate surface area is 110 Å². The summed E-state index contributed by atoms with van der Waals surface area (Å²) in [6.45, 7) is 8.04. The molecule has 1 N–H and O–H groups in total. The van der Waals surface area contributed by atoms with Crippen molar-refractivity contribution in [2.45, 2.75) is 19.8 Å². The number of hydrogen-bond donors (Lipinski definition) is 1. The third-order valence-electron chi connectivity index (χ3n) is 2.59. The van der Waals surface area contributed by atoms with Crippen molar-refractivity contribution in [3.63, 3.8) is 0 Å². The van der Waals surface area contributed by atoms with E-state index in [1.807, 2.05) is 12.1 Å². The summed E-state index contributed by atoms with van der Waals surface area (Å²) in [4.78, 5) is 0. The molecule has 1 aromatic rings. The highest BCUT2D eigenvalue weighted by molar-refractivity contribution is 5.43. The molecular formula is C15H23NO2. The van der Waals surface area contributed by atoms with Crippen molar-refractivity contribution in [3.05, 3.63) is 36.4 Å². The number of methoxy groups -OCH3 is 1. The van der Waals surface area contributed by atoms with Crippen LogP contribution in [0.1, 0.15) is 18.9 Å². The second kappa shape index (κ2) is 8.59. The second-order valence-electron chi connectivity index (χ2n) is 4.08. The van der Waals surface area contributed by atoms with Crippen LogP contribution in [0.2, 0.25) is 0 Å². The maximum absolute atomic E-state index is 5.69. The van der Waals surface area contributed by atoms with Gasteiger partial charge in [0.15, 0.2) is 11.5 Å². The molecule has 0 aliphatic heterocycles. The predicted molar refractivity (Wildman–Crippen MR) is 75.6 cm³/mol. The molecule has 1 aromatic carbocycles. The summed E-state index contributed by atoms with van der Waals surface area (Å²) in [6, 6.07) is 6.13. The van der Waals surface area contributed by atoms with Crippen LogP contribution in [0.3, 0.4) is 0 Å². The Morgan fingerprint density at radius 1 is 1.33 bits per heavy atom. The molecule has 0 atom stereocenters. The van der Waals surface area contributed by atoms with Gasteiger partial charge >= 0.3 is 0 Å². The molecule has 0 spiro atoms. The second-order valence-corrected chi connectivity index (χ2v) is 4.08. The zero-order chi connectivity index (χ0) is 13.2. The van der Waals surface area contributed by atoms with Crippen LogP contribution in [0, 0.1) is 0 Å². The third kappa shape index (κ3) is 4.80. The van der Waals surface area contributed by atoms with Gasteiger partial charge in [0.2, 0.25) is 0 Å². The molecule has 100 valence electrons. The predicted octanol–water partition coefficient (Wildman–Crippen LogP) is 2.80. The first-order valence-electron chi connectivity index (χ1n) is 6.43. The molecule has 0 bridgehead atoms. The highest BCUT2D eigenvalue weighted by atomic mass is 16.5. The van der Waals surface area contributed by atoms with Gasteiger partial charge in [-0.2, -0.15) is 0 Å². The Kier molecular flexibility index (Phi) is 6.96. The van der Waals surface area contributed by atoms with Crippen molar-refractivity contribution in [2.75, 3.05) is 26.8 Å². The molecule has 18 heavy (non-hydrogen) atoms. The van der Waals surface area contributed by atoms with Crippen molar-refractivity contribution in [1.82, 2.24) is 5.32 Å². The van der Waals surface area contributed by atoms with Crippen molar-refractivity contribution in [2.24, 2.45) is 0 Å². The summed E-state index contributed by atoms with van der Waals surface area (Å²) in [7, 11) is 1.67. The average Bonchev–Trinajstić information content (AvgIpc) is 2.40. The van der Waals surface area contributed by atoms with E-state index in [-0.39, 0.29) is 0 Å². The number of ether oxygens (including phenoxy) is 2. The molecule has 0 saturated heterocycles.